The summed E-state index contributed by atoms with van der Waals surface area (Å²) in [5.74, 6) is 0.266. The Morgan fingerprint density at radius 2 is 2.53 bits per heavy atom. The molecule has 0 unspecified atom stereocenters. The molecule has 15 heavy (non-hydrogen) atoms. The summed E-state index contributed by atoms with van der Waals surface area (Å²) in [5, 5.41) is 2.35. The number of nitrogens with zero attached hydrogens (tertiary/aromatic N) is 1. The van der Waals surface area contributed by atoms with E-state index >= 15 is 0 Å². The van der Waals surface area contributed by atoms with E-state index in [1.807, 2.05) is 0 Å². The molecule has 2 aromatic rings. The zero-order valence-electron chi connectivity index (χ0n) is 8.10. The second kappa shape index (κ2) is 4.27. The van der Waals surface area contributed by atoms with Crippen LogP contribution < -0.4 is 0 Å². The highest BCUT2D eigenvalue weighted by Gasteiger charge is 2.13. The minimum Gasteiger partial charge on any atom is -0.462 e. The number of hydrogen-bond donors (Lipinski definition) is 0. The van der Waals surface area contributed by atoms with E-state index in [1.54, 1.807) is 30.7 Å². The van der Waals surface area contributed by atoms with Crippen LogP contribution in [0.4, 0.5) is 0 Å². The molecule has 5 heteroatoms. The van der Waals surface area contributed by atoms with Crippen molar-refractivity contribution >= 4 is 17.3 Å². The lowest BCUT2D eigenvalue weighted by Gasteiger charge is -1.95. The number of carbonyl (C=O) groups is 1. The number of ether oxygens (including phenoxy) is 1. The minimum absolute atomic E-state index is 0.327. The highest BCUT2D eigenvalue weighted by atomic mass is 32.1. The smallest absolute Gasteiger partial charge is 0.357 e. The average molecular weight is 223 g/mol. The maximum Gasteiger partial charge on any atom is 0.357 e. The van der Waals surface area contributed by atoms with Gasteiger partial charge in [0.1, 0.15) is 0 Å². The molecule has 0 aliphatic heterocycles. The molecular formula is C10H9NO3S. The third-order valence-corrected chi connectivity index (χ3v) is 2.58. The van der Waals surface area contributed by atoms with Crippen molar-refractivity contribution in [3.8, 4) is 10.8 Å². The zero-order chi connectivity index (χ0) is 10.7. The Balaban J connectivity index is 2.21. The molecule has 0 fully saturated rings. The van der Waals surface area contributed by atoms with Crippen LogP contribution in [0.5, 0.6) is 0 Å². The normalized spacial score (nSPS) is 10.2. The van der Waals surface area contributed by atoms with Crippen molar-refractivity contribution < 1.29 is 13.9 Å². The first-order valence-corrected chi connectivity index (χ1v) is 5.35. The van der Waals surface area contributed by atoms with Crippen LogP contribution in [0.15, 0.2) is 28.2 Å². The van der Waals surface area contributed by atoms with Gasteiger partial charge in [-0.2, -0.15) is 0 Å². The average Bonchev–Trinajstić information content (AvgIpc) is 2.89. The SMILES string of the molecule is CCOC(=O)c1csc(-c2ccco2)n1. The molecule has 0 aliphatic carbocycles. The molecule has 4 nitrogen and oxygen atoms in total. The van der Waals surface area contributed by atoms with Gasteiger partial charge in [-0.05, 0) is 19.1 Å². The maximum atomic E-state index is 11.3. The van der Waals surface area contributed by atoms with Crippen molar-refractivity contribution in [3.05, 3.63) is 29.5 Å². The molecule has 2 aromatic heterocycles. The third-order valence-electron chi connectivity index (χ3n) is 1.72. The van der Waals surface area contributed by atoms with Crippen LogP contribution >= 0.6 is 11.3 Å². The second-order valence-corrected chi connectivity index (χ2v) is 3.59. The van der Waals surface area contributed by atoms with E-state index in [2.05, 4.69) is 4.98 Å². The number of hydrogen-bond acceptors (Lipinski definition) is 5. The Labute approximate surface area is 90.5 Å². The molecule has 0 radical (unpaired) electrons. The first-order chi connectivity index (χ1) is 7.31. The van der Waals surface area contributed by atoms with Gasteiger partial charge < -0.3 is 9.15 Å². The van der Waals surface area contributed by atoms with Gasteiger partial charge in [-0.15, -0.1) is 11.3 Å². The van der Waals surface area contributed by atoms with Crippen LogP contribution in [0.1, 0.15) is 17.4 Å². The molecule has 0 saturated carbocycles. The maximum absolute atomic E-state index is 11.3. The highest BCUT2D eigenvalue weighted by molar-refractivity contribution is 7.13. The minimum atomic E-state index is -0.397. The summed E-state index contributed by atoms with van der Waals surface area (Å²) in [6.07, 6.45) is 1.57. The Hall–Kier alpha value is -1.62. The number of aromatic nitrogens is 1. The van der Waals surface area contributed by atoms with E-state index in [1.165, 1.54) is 11.3 Å². The lowest BCUT2D eigenvalue weighted by Crippen LogP contribution is -2.04. The van der Waals surface area contributed by atoms with Crippen LogP contribution in [0.25, 0.3) is 10.8 Å². The quantitative estimate of drug-likeness (QED) is 0.750. The number of thiazole rings is 1. The van der Waals surface area contributed by atoms with Gasteiger partial charge in [0.2, 0.25) is 0 Å². The molecule has 0 bridgehead atoms. The largest absolute Gasteiger partial charge is 0.462 e. The number of rotatable bonds is 3. The highest BCUT2D eigenvalue weighted by Crippen LogP contribution is 2.24. The van der Waals surface area contributed by atoms with Gasteiger partial charge in [-0.3, -0.25) is 0 Å². The summed E-state index contributed by atoms with van der Waals surface area (Å²) in [5.41, 5.74) is 0.327. The molecule has 0 amide bonds. The lowest BCUT2D eigenvalue weighted by molar-refractivity contribution is 0.0520. The van der Waals surface area contributed by atoms with E-state index < -0.39 is 5.97 Å². The standard InChI is InChI=1S/C10H9NO3S/c1-2-13-10(12)7-6-15-9(11-7)8-4-3-5-14-8/h3-6H,2H2,1H3. The third kappa shape index (κ3) is 2.07. The summed E-state index contributed by atoms with van der Waals surface area (Å²) in [7, 11) is 0. The predicted octanol–water partition coefficient (Wildman–Crippen LogP) is 2.58. The van der Waals surface area contributed by atoms with Crippen LogP contribution in [-0.4, -0.2) is 17.6 Å². The molecule has 0 spiro atoms. The Bertz CT molecular complexity index is 447. The van der Waals surface area contributed by atoms with Gasteiger partial charge in [0, 0.05) is 5.38 Å². The molecule has 0 aliphatic rings. The monoisotopic (exact) mass is 223 g/mol. The second-order valence-electron chi connectivity index (χ2n) is 2.74. The van der Waals surface area contributed by atoms with Crippen molar-refractivity contribution in [2.75, 3.05) is 6.61 Å². The molecule has 0 saturated heterocycles. The van der Waals surface area contributed by atoms with E-state index in [-0.39, 0.29) is 0 Å². The van der Waals surface area contributed by atoms with Crippen molar-refractivity contribution in [1.82, 2.24) is 4.98 Å². The molecule has 0 N–H and O–H groups in total. The van der Waals surface area contributed by atoms with E-state index in [9.17, 15) is 4.79 Å². The number of furan rings is 1. The number of carbonyl (C=O) groups excluding carboxylic acids is 1. The van der Waals surface area contributed by atoms with Gasteiger partial charge in [0.15, 0.2) is 16.5 Å². The molecule has 78 valence electrons. The van der Waals surface area contributed by atoms with Crippen LogP contribution in [0.3, 0.4) is 0 Å². The fourth-order valence-corrected chi connectivity index (χ4v) is 1.84. The van der Waals surface area contributed by atoms with Gasteiger partial charge in [0.05, 0.1) is 12.9 Å². The Kier molecular flexibility index (Phi) is 2.82. The molecule has 2 rings (SSSR count). The summed E-state index contributed by atoms with van der Waals surface area (Å²) in [4.78, 5) is 15.4. The van der Waals surface area contributed by atoms with E-state index in [4.69, 9.17) is 9.15 Å². The fraction of sp³-hybridized carbons (Fsp3) is 0.200. The Morgan fingerprint density at radius 3 is 3.20 bits per heavy atom. The van der Waals surface area contributed by atoms with E-state index in [0.717, 1.165) is 0 Å². The summed E-state index contributed by atoms with van der Waals surface area (Å²) in [6.45, 7) is 2.12. The molecule has 2 heterocycles. The first kappa shape index (κ1) is 9.92. The zero-order valence-corrected chi connectivity index (χ0v) is 8.91. The van der Waals surface area contributed by atoms with E-state index in [0.29, 0.717) is 23.1 Å². The van der Waals surface area contributed by atoms with Crippen LogP contribution in [0.2, 0.25) is 0 Å². The van der Waals surface area contributed by atoms with Crippen LogP contribution in [0, 0.1) is 0 Å². The molecular weight excluding hydrogens is 214 g/mol. The van der Waals surface area contributed by atoms with Gasteiger partial charge >= 0.3 is 5.97 Å². The first-order valence-electron chi connectivity index (χ1n) is 4.47. The summed E-state index contributed by atoms with van der Waals surface area (Å²) >= 11 is 1.36. The van der Waals surface area contributed by atoms with Gasteiger partial charge in [0.25, 0.3) is 0 Å². The van der Waals surface area contributed by atoms with Crippen molar-refractivity contribution in [1.29, 1.82) is 0 Å². The summed E-state index contributed by atoms with van der Waals surface area (Å²) in [6, 6.07) is 3.58. The van der Waals surface area contributed by atoms with Crippen molar-refractivity contribution in [2.45, 2.75) is 6.92 Å². The Morgan fingerprint density at radius 1 is 1.67 bits per heavy atom. The van der Waals surface area contributed by atoms with Crippen LogP contribution in [-0.2, 0) is 4.74 Å². The topological polar surface area (TPSA) is 52.3 Å². The van der Waals surface area contributed by atoms with Gasteiger partial charge in [-0.25, -0.2) is 9.78 Å². The number of esters is 1. The predicted molar refractivity (Wildman–Crippen MR) is 55.8 cm³/mol. The van der Waals surface area contributed by atoms with Gasteiger partial charge in [-0.1, -0.05) is 0 Å². The molecule has 0 aromatic carbocycles. The molecule has 0 atom stereocenters. The summed E-state index contributed by atoms with van der Waals surface area (Å²) < 4.78 is 10.0. The van der Waals surface area contributed by atoms with Crippen molar-refractivity contribution in [2.24, 2.45) is 0 Å². The fourth-order valence-electron chi connectivity index (χ4n) is 1.09. The van der Waals surface area contributed by atoms with Crippen molar-refractivity contribution in [3.63, 3.8) is 0 Å². The lowest BCUT2D eigenvalue weighted by atomic mass is 10.4.